The molecule has 0 aromatic carbocycles. The molecule has 1 nitrogen and oxygen atoms in total. The Morgan fingerprint density at radius 3 is 2.80 bits per heavy atom. The van der Waals surface area contributed by atoms with E-state index in [1.807, 2.05) is 0 Å². The molecule has 2 saturated carbocycles. The van der Waals surface area contributed by atoms with Crippen LogP contribution in [0.15, 0.2) is 12.2 Å². The van der Waals surface area contributed by atoms with Crippen LogP contribution in [0.3, 0.4) is 0 Å². The average Bonchev–Trinajstić information content (AvgIpc) is 2.25. The fourth-order valence-electron chi connectivity index (χ4n) is 4.04. The monoisotopic (exact) mass is 268 g/mol. The SMILES string of the molecule is CC12CCC(Br)C(=O)C1C1C=CC2CC1. The van der Waals surface area contributed by atoms with Crippen LogP contribution in [0.25, 0.3) is 0 Å². The van der Waals surface area contributed by atoms with Gasteiger partial charge in [0.1, 0.15) is 0 Å². The highest BCUT2D eigenvalue weighted by Gasteiger charge is 2.55. The van der Waals surface area contributed by atoms with Gasteiger partial charge < -0.3 is 0 Å². The van der Waals surface area contributed by atoms with E-state index < -0.39 is 0 Å². The summed E-state index contributed by atoms with van der Waals surface area (Å²) in [5, 5.41) is 0. The number of rotatable bonds is 0. The lowest BCUT2D eigenvalue weighted by Gasteiger charge is -2.55. The zero-order valence-electron chi connectivity index (χ0n) is 9.08. The summed E-state index contributed by atoms with van der Waals surface area (Å²) in [5.74, 6) is 1.98. The second-order valence-electron chi connectivity index (χ2n) is 5.62. The maximum atomic E-state index is 12.3. The molecule has 0 aliphatic heterocycles. The highest BCUT2D eigenvalue weighted by molar-refractivity contribution is 9.10. The highest BCUT2D eigenvalue weighted by atomic mass is 79.9. The second-order valence-corrected chi connectivity index (χ2v) is 6.73. The zero-order valence-corrected chi connectivity index (χ0v) is 10.7. The van der Waals surface area contributed by atoms with Crippen LogP contribution in [0.1, 0.15) is 32.6 Å². The number of Topliss-reactive ketones (excluding diaryl/α,β-unsaturated/α-hetero) is 1. The van der Waals surface area contributed by atoms with Crippen LogP contribution in [0, 0.1) is 23.2 Å². The minimum Gasteiger partial charge on any atom is -0.298 e. The fourth-order valence-corrected chi connectivity index (χ4v) is 4.55. The smallest absolute Gasteiger partial charge is 0.150 e. The standard InChI is InChI=1S/C13H17BrO/c1-13-7-6-10(14)12(15)11(13)8-2-4-9(13)5-3-8/h2,4,8-11H,3,5-7H2,1H3. The Labute approximate surface area is 99.4 Å². The fraction of sp³-hybridized carbons (Fsp3) is 0.769. The Kier molecular flexibility index (Phi) is 2.14. The summed E-state index contributed by atoms with van der Waals surface area (Å²) in [6.07, 6.45) is 9.46. The van der Waals surface area contributed by atoms with Crippen molar-refractivity contribution in [3.8, 4) is 0 Å². The van der Waals surface area contributed by atoms with Crippen molar-refractivity contribution in [2.24, 2.45) is 23.2 Å². The van der Waals surface area contributed by atoms with Crippen molar-refractivity contribution in [2.75, 3.05) is 0 Å². The van der Waals surface area contributed by atoms with Gasteiger partial charge in [-0.2, -0.15) is 0 Å². The summed E-state index contributed by atoms with van der Waals surface area (Å²) < 4.78 is 0. The molecule has 4 aliphatic rings. The van der Waals surface area contributed by atoms with Gasteiger partial charge in [-0.25, -0.2) is 0 Å². The average molecular weight is 269 g/mol. The number of carbonyl (C=O) groups is 1. The molecule has 0 amide bonds. The number of ketones is 1. The van der Waals surface area contributed by atoms with Gasteiger partial charge in [0.05, 0.1) is 4.83 Å². The summed E-state index contributed by atoms with van der Waals surface area (Å²) in [6.45, 7) is 2.34. The van der Waals surface area contributed by atoms with Crippen molar-refractivity contribution in [1.29, 1.82) is 0 Å². The van der Waals surface area contributed by atoms with E-state index in [1.54, 1.807) is 0 Å². The van der Waals surface area contributed by atoms with Gasteiger partial charge in [-0.15, -0.1) is 0 Å². The van der Waals surface area contributed by atoms with E-state index in [-0.39, 0.29) is 10.2 Å². The van der Waals surface area contributed by atoms with Gasteiger partial charge >= 0.3 is 0 Å². The molecule has 2 bridgehead atoms. The molecule has 0 aromatic rings. The van der Waals surface area contributed by atoms with Gasteiger partial charge in [-0.1, -0.05) is 35.0 Å². The van der Waals surface area contributed by atoms with Crippen molar-refractivity contribution >= 4 is 21.7 Å². The Hall–Kier alpha value is -0.110. The van der Waals surface area contributed by atoms with Crippen molar-refractivity contribution in [3.05, 3.63) is 12.2 Å². The van der Waals surface area contributed by atoms with Gasteiger partial charge in [-0.3, -0.25) is 4.79 Å². The molecule has 0 saturated heterocycles. The highest BCUT2D eigenvalue weighted by Crippen LogP contribution is 2.58. The first-order valence-corrected chi connectivity index (χ1v) is 6.90. The van der Waals surface area contributed by atoms with Crippen LogP contribution in [-0.4, -0.2) is 10.6 Å². The summed E-state index contributed by atoms with van der Waals surface area (Å²) in [5.41, 5.74) is 0.277. The van der Waals surface area contributed by atoms with Crippen molar-refractivity contribution in [1.82, 2.24) is 0 Å². The van der Waals surface area contributed by atoms with E-state index in [4.69, 9.17) is 0 Å². The molecule has 82 valence electrons. The lowest BCUT2D eigenvalue weighted by Crippen LogP contribution is -2.53. The van der Waals surface area contributed by atoms with Crippen molar-refractivity contribution in [3.63, 3.8) is 0 Å². The van der Waals surface area contributed by atoms with Crippen molar-refractivity contribution in [2.45, 2.75) is 37.4 Å². The number of fused-ring (bicyclic) bond motifs is 1. The molecule has 15 heavy (non-hydrogen) atoms. The van der Waals surface area contributed by atoms with Crippen LogP contribution in [0.5, 0.6) is 0 Å². The quantitative estimate of drug-likeness (QED) is 0.487. The second kappa shape index (κ2) is 3.19. The molecule has 4 rings (SSSR count). The summed E-state index contributed by atoms with van der Waals surface area (Å²) in [7, 11) is 0. The van der Waals surface area contributed by atoms with Gasteiger partial charge in [0.2, 0.25) is 0 Å². The molecule has 0 N–H and O–H groups in total. The largest absolute Gasteiger partial charge is 0.298 e. The third-order valence-corrected chi connectivity index (χ3v) is 5.85. The van der Waals surface area contributed by atoms with Crippen molar-refractivity contribution < 1.29 is 4.79 Å². The van der Waals surface area contributed by atoms with E-state index in [2.05, 4.69) is 35.0 Å². The number of hydrogen-bond acceptors (Lipinski definition) is 1. The molecular weight excluding hydrogens is 252 g/mol. The lowest BCUT2D eigenvalue weighted by molar-refractivity contribution is -0.137. The number of alkyl halides is 1. The van der Waals surface area contributed by atoms with Crippen LogP contribution in [-0.2, 0) is 4.79 Å². The molecule has 0 aromatic heterocycles. The third-order valence-electron chi connectivity index (χ3n) is 4.94. The van der Waals surface area contributed by atoms with E-state index in [1.165, 1.54) is 19.3 Å². The topological polar surface area (TPSA) is 17.1 Å². The first-order chi connectivity index (χ1) is 7.13. The van der Waals surface area contributed by atoms with E-state index in [0.717, 1.165) is 6.42 Å². The predicted molar refractivity (Wildman–Crippen MR) is 63.9 cm³/mol. The Balaban J connectivity index is 2.03. The normalized spacial score (nSPS) is 53.1. The molecule has 0 spiro atoms. The molecule has 0 radical (unpaired) electrons. The summed E-state index contributed by atoms with van der Waals surface area (Å²) in [6, 6.07) is 0. The van der Waals surface area contributed by atoms with Crippen LogP contribution >= 0.6 is 15.9 Å². The van der Waals surface area contributed by atoms with Gasteiger partial charge in [0.15, 0.2) is 5.78 Å². The molecule has 5 atom stereocenters. The Morgan fingerprint density at radius 2 is 2.13 bits per heavy atom. The number of halogens is 1. The first kappa shape index (κ1) is 10.1. The summed E-state index contributed by atoms with van der Waals surface area (Å²) >= 11 is 3.54. The molecular formula is C13H17BrO. The maximum Gasteiger partial charge on any atom is 0.150 e. The molecule has 2 heteroatoms. The Morgan fingerprint density at radius 1 is 1.33 bits per heavy atom. The minimum absolute atomic E-state index is 0.128. The zero-order chi connectivity index (χ0) is 10.6. The number of allylic oxidation sites excluding steroid dienone is 2. The number of hydrogen-bond donors (Lipinski definition) is 0. The summed E-state index contributed by atoms with van der Waals surface area (Å²) in [4.78, 5) is 12.4. The van der Waals surface area contributed by atoms with Crippen LogP contribution < -0.4 is 0 Å². The third kappa shape index (κ3) is 1.23. The predicted octanol–water partition coefficient (Wildman–Crippen LogP) is 3.33. The van der Waals surface area contributed by atoms with E-state index >= 15 is 0 Å². The van der Waals surface area contributed by atoms with Gasteiger partial charge in [0, 0.05) is 5.92 Å². The van der Waals surface area contributed by atoms with E-state index in [0.29, 0.717) is 23.5 Å². The Bertz CT molecular complexity index is 335. The van der Waals surface area contributed by atoms with Crippen LogP contribution in [0.4, 0.5) is 0 Å². The maximum absolute atomic E-state index is 12.3. The number of carbonyl (C=O) groups excluding carboxylic acids is 1. The van der Waals surface area contributed by atoms with Gasteiger partial charge in [0.25, 0.3) is 0 Å². The molecule has 0 heterocycles. The van der Waals surface area contributed by atoms with Crippen LogP contribution in [0.2, 0.25) is 0 Å². The van der Waals surface area contributed by atoms with Gasteiger partial charge in [-0.05, 0) is 42.9 Å². The molecule has 2 fully saturated rings. The molecule has 4 aliphatic carbocycles. The van der Waals surface area contributed by atoms with E-state index in [9.17, 15) is 4.79 Å². The first-order valence-electron chi connectivity index (χ1n) is 5.99. The lowest BCUT2D eigenvalue weighted by atomic mass is 9.49. The minimum atomic E-state index is 0.128. The molecule has 5 unspecified atom stereocenters.